The van der Waals surface area contributed by atoms with E-state index in [1.807, 2.05) is 45.4 Å². The molecule has 0 saturated carbocycles. The second-order valence-electron chi connectivity index (χ2n) is 3.84. The minimum absolute atomic E-state index is 0.890. The fourth-order valence-corrected chi connectivity index (χ4v) is 1.35. The maximum Gasteiger partial charge on any atom is 0.0681 e. The first kappa shape index (κ1) is 14.0. The minimum Gasteiger partial charge on any atom is -0.386 e. The van der Waals surface area contributed by atoms with E-state index in [1.54, 1.807) is 18.3 Å². The lowest BCUT2D eigenvalue weighted by Crippen LogP contribution is -2.11. The van der Waals surface area contributed by atoms with E-state index in [-0.39, 0.29) is 0 Å². The maximum atomic E-state index is 4.27. The van der Waals surface area contributed by atoms with Crippen LogP contribution in [0.1, 0.15) is 12.5 Å². The van der Waals surface area contributed by atoms with Gasteiger partial charge in [0.2, 0.25) is 0 Å². The van der Waals surface area contributed by atoms with Crippen LogP contribution in [0.2, 0.25) is 0 Å². The summed E-state index contributed by atoms with van der Waals surface area (Å²) in [7, 11) is 5.54. The van der Waals surface area contributed by atoms with Crippen LogP contribution >= 0.6 is 0 Å². The van der Waals surface area contributed by atoms with Gasteiger partial charge in [0.1, 0.15) is 0 Å². The molecule has 0 saturated heterocycles. The topological polar surface area (TPSA) is 40.0 Å². The Kier molecular flexibility index (Phi) is 5.64. The van der Waals surface area contributed by atoms with E-state index in [4.69, 9.17) is 0 Å². The number of aliphatic imine (C=N–C) groups is 1. The monoisotopic (exact) mass is 244 g/mol. The maximum absolute atomic E-state index is 4.27. The van der Waals surface area contributed by atoms with E-state index in [0.29, 0.717) is 0 Å². The van der Waals surface area contributed by atoms with E-state index in [1.165, 1.54) is 0 Å². The summed E-state index contributed by atoms with van der Waals surface area (Å²) in [5, 5.41) is 9.19. The number of hydrazone groups is 1. The molecule has 18 heavy (non-hydrogen) atoms. The Morgan fingerprint density at radius 2 is 1.94 bits per heavy atom. The van der Waals surface area contributed by atoms with Gasteiger partial charge in [0.05, 0.1) is 17.6 Å². The molecule has 1 aromatic rings. The number of hydrogen-bond acceptors (Lipinski definition) is 4. The van der Waals surface area contributed by atoms with Gasteiger partial charge in [0, 0.05) is 27.3 Å². The number of hydrogen-bond donors (Lipinski definition) is 1. The molecular weight excluding hydrogens is 224 g/mol. The van der Waals surface area contributed by atoms with Crippen molar-refractivity contribution < 1.29 is 0 Å². The van der Waals surface area contributed by atoms with E-state index < -0.39 is 0 Å². The zero-order valence-corrected chi connectivity index (χ0v) is 11.4. The summed E-state index contributed by atoms with van der Waals surface area (Å²) in [5.74, 6) is 0. The Morgan fingerprint density at radius 1 is 1.28 bits per heavy atom. The Hall–Kier alpha value is -2.10. The molecule has 0 aliphatic carbocycles. The molecule has 0 heterocycles. The lowest BCUT2D eigenvalue weighted by atomic mass is 10.2. The SMILES string of the molecule is C/N=C(C)\C=N/N(C)/C=C(\NC)c1ccccc1. The lowest BCUT2D eigenvalue weighted by molar-refractivity contribution is 0.494. The molecule has 0 amide bonds. The number of rotatable bonds is 5. The highest BCUT2D eigenvalue weighted by molar-refractivity contribution is 6.29. The average molecular weight is 244 g/mol. The highest BCUT2D eigenvalue weighted by atomic mass is 15.4. The van der Waals surface area contributed by atoms with Gasteiger partial charge >= 0.3 is 0 Å². The van der Waals surface area contributed by atoms with E-state index in [0.717, 1.165) is 17.0 Å². The van der Waals surface area contributed by atoms with Crippen LogP contribution in [-0.2, 0) is 0 Å². The Morgan fingerprint density at radius 3 is 2.50 bits per heavy atom. The van der Waals surface area contributed by atoms with Gasteiger partial charge in [0.15, 0.2) is 0 Å². The summed E-state index contributed by atoms with van der Waals surface area (Å²) in [4.78, 5) is 4.02. The van der Waals surface area contributed by atoms with Crippen molar-refractivity contribution in [2.24, 2.45) is 10.1 Å². The van der Waals surface area contributed by atoms with Gasteiger partial charge in [-0.2, -0.15) is 5.10 Å². The fourth-order valence-electron chi connectivity index (χ4n) is 1.35. The molecule has 1 aromatic carbocycles. The smallest absolute Gasteiger partial charge is 0.0681 e. The van der Waals surface area contributed by atoms with Crippen LogP contribution in [0.15, 0.2) is 46.6 Å². The van der Waals surface area contributed by atoms with Gasteiger partial charge in [-0.1, -0.05) is 30.3 Å². The molecule has 0 unspecified atom stereocenters. The van der Waals surface area contributed by atoms with Crippen LogP contribution in [0.4, 0.5) is 0 Å². The summed E-state index contributed by atoms with van der Waals surface area (Å²) in [5.41, 5.74) is 3.03. The minimum atomic E-state index is 0.890. The van der Waals surface area contributed by atoms with Crippen molar-refractivity contribution in [2.75, 3.05) is 21.1 Å². The molecule has 0 bridgehead atoms. The van der Waals surface area contributed by atoms with Crippen molar-refractivity contribution in [3.05, 3.63) is 42.1 Å². The summed E-state index contributed by atoms with van der Waals surface area (Å²) in [6, 6.07) is 10.1. The zero-order chi connectivity index (χ0) is 13.4. The van der Waals surface area contributed by atoms with E-state index in [9.17, 15) is 0 Å². The molecule has 96 valence electrons. The van der Waals surface area contributed by atoms with Gasteiger partial charge in [-0.25, -0.2) is 0 Å². The molecule has 0 spiro atoms. The van der Waals surface area contributed by atoms with Gasteiger partial charge in [-0.15, -0.1) is 0 Å². The van der Waals surface area contributed by atoms with Crippen LogP contribution in [0.25, 0.3) is 5.70 Å². The molecule has 1 rings (SSSR count). The Balaban J connectivity index is 2.83. The van der Waals surface area contributed by atoms with Crippen molar-refractivity contribution in [1.82, 2.24) is 10.3 Å². The van der Waals surface area contributed by atoms with E-state index >= 15 is 0 Å². The predicted octanol–water partition coefficient (Wildman–Crippen LogP) is 2.21. The van der Waals surface area contributed by atoms with Gasteiger partial charge in [-0.05, 0) is 12.5 Å². The summed E-state index contributed by atoms with van der Waals surface area (Å²) in [6.07, 6.45) is 3.67. The fraction of sp³-hybridized carbons (Fsp3) is 0.286. The van der Waals surface area contributed by atoms with Crippen LogP contribution in [-0.4, -0.2) is 38.1 Å². The van der Waals surface area contributed by atoms with Crippen LogP contribution in [0, 0.1) is 0 Å². The third-order valence-electron chi connectivity index (χ3n) is 2.45. The molecule has 4 heteroatoms. The third-order valence-corrected chi connectivity index (χ3v) is 2.45. The Bertz CT molecular complexity index is 446. The predicted molar refractivity (Wildman–Crippen MR) is 78.8 cm³/mol. The molecule has 0 aliphatic rings. The zero-order valence-electron chi connectivity index (χ0n) is 11.4. The number of nitrogens with zero attached hydrogens (tertiary/aromatic N) is 3. The van der Waals surface area contributed by atoms with Crippen molar-refractivity contribution >= 4 is 17.6 Å². The largest absolute Gasteiger partial charge is 0.386 e. The lowest BCUT2D eigenvalue weighted by Gasteiger charge is -2.12. The van der Waals surface area contributed by atoms with Crippen LogP contribution in [0.3, 0.4) is 0 Å². The molecule has 0 aromatic heterocycles. The molecule has 0 radical (unpaired) electrons. The summed E-state index contributed by atoms with van der Waals surface area (Å²) < 4.78 is 0. The normalized spacial score (nSPS) is 12.9. The first-order chi connectivity index (χ1) is 8.67. The average Bonchev–Trinajstić information content (AvgIpc) is 2.43. The molecule has 0 aliphatic heterocycles. The first-order valence-electron chi connectivity index (χ1n) is 5.82. The molecule has 0 fully saturated rings. The van der Waals surface area contributed by atoms with Gasteiger partial charge < -0.3 is 5.32 Å². The number of benzene rings is 1. The molecule has 4 nitrogen and oxygen atoms in total. The van der Waals surface area contributed by atoms with Gasteiger partial charge in [0.25, 0.3) is 0 Å². The molecule has 1 N–H and O–H groups in total. The van der Waals surface area contributed by atoms with Crippen molar-refractivity contribution in [2.45, 2.75) is 6.92 Å². The summed E-state index contributed by atoms with van der Waals surface area (Å²) >= 11 is 0. The third kappa shape index (κ3) is 4.41. The second-order valence-corrected chi connectivity index (χ2v) is 3.84. The van der Waals surface area contributed by atoms with Crippen LogP contribution < -0.4 is 5.32 Å². The van der Waals surface area contributed by atoms with Gasteiger partial charge in [-0.3, -0.25) is 10.0 Å². The second kappa shape index (κ2) is 7.27. The quantitative estimate of drug-likeness (QED) is 0.637. The number of nitrogens with one attached hydrogen (secondary N) is 1. The standard InChI is InChI=1S/C14H20N4/c1-12(15-2)10-17-18(4)11-14(16-3)13-8-6-5-7-9-13/h5-11,16H,1-4H3/b14-11-,15-12-,17-10-. The molecule has 0 atom stereocenters. The van der Waals surface area contributed by atoms with Crippen molar-refractivity contribution in [3.8, 4) is 0 Å². The highest BCUT2D eigenvalue weighted by Crippen LogP contribution is 2.10. The highest BCUT2D eigenvalue weighted by Gasteiger charge is 1.98. The molecular formula is C14H20N4. The van der Waals surface area contributed by atoms with Crippen molar-refractivity contribution in [3.63, 3.8) is 0 Å². The summed E-state index contributed by atoms with van der Waals surface area (Å²) in [6.45, 7) is 1.91. The first-order valence-corrected chi connectivity index (χ1v) is 5.82. The Labute approximate surface area is 109 Å². The van der Waals surface area contributed by atoms with Crippen LogP contribution in [0.5, 0.6) is 0 Å². The van der Waals surface area contributed by atoms with Crippen molar-refractivity contribution in [1.29, 1.82) is 0 Å². The van der Waals surface area contributed by atoms with E-state index in [2.05, 4.69) is 27.5 Å².